The van der Waals surface area contributed by atoms with E-state index in [1.54, 1.807) is 12.1 Å². The number of nitrogens with zero attached hydrogens (tertiary/aromatic N) is 1. The molecule has 0 unspecified atom stereocenters. The van der Waals surface area contributed by atoms with Gasteiger partial charge in [-0.2, -0.15) is 4.31 Å². The van der Waals surface area contributed by atoms with Crippen LogP contribution in [0.3, 0.4) is 0 Å². The van der Waals surface area contributed by atoms with Gasteiger partial charge < -0.3 is 0 Å². The molecule has 0 amide bonds. The van der Waals surface area contributed by atoms with Crippen LogP contribution in [-0.4, -0.2) is 25.8 Å². The van der Waals surface area contributed by atoms with Crippen molar-refractivity contribution in [2.24, 2.45) is 0 Å². The second-order valence-corrected chi connectivity index (χ2v) is 10.5. The van der Waals surface area contributed by atoms with Crippen LogP contribution in [-0.2, 0) is 10.0 Å². The van der Waals surface area contributed by atoms with E-state index in [1.807, 2.05) is 45.0 Å². The van der Waals surface area contributed by atoms with Crippen molar-refractivity contribution in [3.05, 3.63) is 87.5 Å². The fourth-order valence-electron chi connectivity index (χ4n) is 3.74. The van der Waals surface area contributed by atoms with E-state index in [2.05, 4.69) is 37.8 Å². The summed E-state index contributed by atoms with van der Waals surface area (Å²) in [5.41, 5.74) is 8.07. The number of allylic oxidation sites excluding steroid dienone is 3. The van der Waals surface area contributed by atoms with Crippen LogP contribution < -0.4 is 0 Å². The van der Waals surface area contributed by atoms with E-state index >= 15 is 0 Å². The standard InChI is InChI=1S/C27H31NO2S/c1-20-8-12-27(13-9-20)31(29,30)28(19-26-11-10-23(4)24(5)18-26)14-6-7-25-16-21(2)15-22(3)17-25/h8-9,11-13,15-17H,10,14,18-19H2,1-5H3. The van der Waals surface area contributed by atoms with Crippen LogP contribution in [0.4, 0.5) is 0 Å². The highest BCUT2D eigenvalue weighted by Gasteiger charge is 2.25. The zero-order valence-corrected chi connectivity index (χ0v) is 19.9. The van der Waals surface area contributed by atoms with Crippen LogP contribution in [0, 0.1) is 32.6 Å². The van der Waals surface area contributed by atoms with Gasteiger partial charge in [0.15, 0.2) is 0 Å². The third-order valence-corrected chi connectivity index (χ3v) is 7.47. The summed E-state index contributed by atoms with van der Waals surface area (Å²) in [5.74, 6) is 6.27. The zero-order valence-electron chi connectivity index (χ0n) is 19.1. The van der Waals surface area contributed by atoms with Crippen molar-refractivity contribution in [1.82, 2.24) is 4.31 Å². The Morgan fingerprint density at radius 3 is 2.13 bits per heavy atom. The molecule has 0 fully saturated rings. The summed E-state index contributed by atoms with van der Waals surface area (Å²) in [5, 5.41) is 0. The van der Waals surface area contributed by atoms with Gasteiger partial charge in [0.2, 0.25) is 10.0 Å². The highest BCUT2D eigenvalue weighted by molar-refractivity contribution is 7.89. The summed E-state index contributed by atoms with van der Waals surface area (Å²) in [6.07, 6.45) is 3.86. The molecule has 0 atom stereocenters. The Balaban J connectivity index is 1.89. The molecule has 0 bridgehead atoms. The Hall–Kier alpha value is -2.61. The first-order valence-corrected chi connectivity index (χ1v) is 12.1. The predicted molar refractivity (Wildman–Crippen MR) is 128 cm³/mol. The summed E-state index contributed by atoms with van der Waals surface area (Å²) in [6, 6.07) is 13.2. The van der Waals surface area contributed by atoms with Crippen molar-refractivity contribution in [2.75, 3.05) is 13.1 Å². The van der Waals surface area contributed by atoms with Gasteiger partial charge >= 0.3 is 0 Å². The summed E-state index contributed by atoms with van der Waals surface area (Å²) in [6.45, 7) is 10.8. The molecule has 31 heavy (non-hydrogen) atoms. The molecular formula is C27H31NO2S. The number of benzene rings is 2. The fourth-order valence-corrected chi connectivity index (χ4v) is 5.09. The molecule has 4 heteroatoms. The maximum Gasteiger partial charge on any atom is 0.244 e. The van der Waals surface area contributed by atoms with Gasteiger partial charge in [-0.3, -0.25) is 0 Å². The highest BCUT2D eigenvalue weighted by atomic mass is 32.2. The zero-order chi connectivity index (χ0) is 22.6. The van der Waals surface area contributed by atoms with Crippen molar-refractivity contribution in [3.63, 3.8) is 0 Å². The lowest BCUT2D eigenvalue weighted by Gasteiger charge is -2.24. The Kier molecular flexibility index (Phi) is 7.20. The average Bonchev–Trinajstić information content (AvgIpc) is 2.69. The number of hydrogen-bond acceptors (Lipinski definition) is 2. The maximum absolute atomic E-state index is 13.4. The van der Waals surface area contributed by atoms with Gasteiger partial charge in [0, 0.05) is 12.1 Å². The fraction of sp³-hybridized carbons (Fsp3) is 0.333. The molecule has 0 radical (unpaired) electrons. The Morgan fingerprint density at radius 2 is 1.52 bits per heavy atom. The van der Waals surface area contributed by atoms with E-state index in [1.165, 1.54) is 15.5 Å². The average molecular weight is 434 g/mol. The second kappa shape index (κ2) is 9.68. The van der Waals surface area contributed by atoms with Crippen LogP contribution in [0.2, 0.25) is 0 Å². The summed E-state index contributed by atoms with van der Waals surface area (Å²) >= 11 is 0. The van der Waals surface area contributed by atoms with E-state index in [0.717, 1.165) is 40.7 Å². The molecule has 162 valence electrons. The van der Waals surface area contributed by atoms with Gasteiger partial charge in [-0.25, -0.2) is 8.42 Å². The summed E-state index contributed by atoms with van der Waals surface area (Å²) < 4.78 is 28.4. The highest BCUT2D eigenvalue weighted by Crippen LogP contribution is 2.26. The minimum absolute atomic E-state index is 0.155. The quantitative estimate of drug-likeness (QED) is 0.447. The Bertz CT molecular complexity index is 1170. The Labute approximate surface area is 187 Å². The largest absolute Gasteiger partial charge is 0.244 e. The van der Waals surface area contributed by atoms with Crippen molar-refractivity contribution in [3.8, 4) is 11.8 Å². The molecule has 0 N–H and O–H groups in total. The SMILES string of the molecule is CC1=C(C)CC(CN(CC#Cc2cc(C)cc(C)c2)S(=O)(=O)c2ccc(C)cc2)=CC1. The molecule has 0 aromatic heterocycles. The minimum atomic E-state index is -3.65. The van der Waals surface area contributed by atoms with E-state index in [0.29, 0.717) is 11.4 Å². The molecule has 3 rings (SSSR count). The molecular weight excluding hydrogens is 402 g/mol. The molecule has 0 saturated carbocycles. The molecule has 3 nitrogen and oxygen atoms in total. The van der Waals surface area contributed by atoms with Crippen molar-refractivity contribution < 1.29 is 8.42 Å². The van der Waals surface area contributed by atoms with Crippen molar-refractivity contribution in [2.45, 2.75) is 52.4 Å². The number of sulfonamides is 1. The minimum Gasteiger partial charge on any atom is -0.207 e. The lowest BCUT2D eigenvalue weighted by atomic mass is 9.93. The molecule has 0 aliphatic heterocycles. The predicted octanol–water partition coefficient (Wildman–Crippen LogP) is 5.71. The first-order valence-electron chi connectivity index (χ1n) is 10.6. The summed E-state index contributed by atoms with van der Waals surface area (Å²) in [7, 11) is -3.65. The van der Waals surface area contributed by atoms with Gasteiger partial charge in [0.25, 0.3) is 0 Å². The van der Waals surface area contributed by atoms with Crippen LogP contribution in [0.15, 0.2) is 70.2 Å². The van der Waals surface area contributed by atoms with Crippen LogP contribution in [0.1, 0.15) is 48.9 Å². The smallest absolute Gasteiger partial charge is 0.207 e. The number of rotatable bonds is 5. The molecule has 1 aliphatic carbocycles. The van der Waals surface area contributed by atoms with Crippen molar-refractivity contribution in [1.29, 1.82) is 0 Å². The van der Waals surface area contributed by atoms with Gasteiger partial charge in [-0.05, 0) is 82.9 Å². The topological polar surface area (TPSA) is 37.4 Å². The normalized spacial score (nSPS) is 14.3. The van der Waals surface area contributed by atoms with E-state index < -0.39 is 10.0 Å². The van der Waals surface area contributed by atoms with Crippen LogP contribution >= 0.6 is 0 Å². The van der Waals surface area contributed by atoms with Crippen molar-refractivity contribution >= 4 is 10.0 Å². The van der Waals surface area contributed by atoms with E-state index in [9.17, 15) is 8.42 Å². The van der Waals surface area contributed by atoms with Gasteiger partial charge in [-0.15, -0.1) is 0 Å². The molecule has 2 aromatic rings. The second-order valence-electron chi connectivity index (χ2n) is 8.57. The van der Waals surface area contributed by atoms with E-state index in [4.69, 9.17) is 0 Å². The molecule has 0 heterocycles. The van der Waals surface area contributed by atoms with E-state index in [-0.39, 0.29) is 6.54 Å². The monoisotopic (exact) mass is 433 g/mol. The van der Waals surface area contributed by atoms with Crippen LogP contribution in [0.25, 0.3) is 0 Å². The van der Waals surface area contributed by atoms with Crippen LogP contribution in [0.5, 0.6) is 0 Å². The first-order chi connectivity index (χ1) is 14.6. The number of hydrogen-bond donors (Lipinski definition) is 0. The summed E-state index contributed by atoms with van der Waals surface area (Å²) in [4.78, 5) is 0.311. The molecule has 0 spiro atoms. The molecule has 1 aliphatic rings. The lowest BCUT2D eigenvalue weighted by molar-refractivity contribution is 0.467. The van der Waals surface area contributed by atoms with Gasteiger partial charge in [0.1, 0.15) is 0 Å². The third-order valence-electron chi connectivity index (χ3n) is 5.67. The lowest BCUT2D eigenvalue weighted by Crippen LogP contribution is -2.33. The number of aryl methyl sites for hydroxylation is 3. The van der Waals surface area contributed by atoms with Gasteiger partial charge in [0.05, 0.1) is 11.4 Å². The Morgan fingerprint density at radius 1 is 0.871 bits per heavy atom. The third kappa shape index (κ3) is 5.97. The maximum atomic E-state index is 13.4. The van der Waals surface area contributed by atoms with Gasteiger partial charge in [-0.1, -0.05) is 58.4 Å². The molecule has 2 aromatic carbocycles. The first kappa shape index (κ1) is 23.1. The molecule has 0 saturated heterocycles.